The molecule has 186 valence electrons. The van der Waals surface area contributed by atoms with Gasteiger partial charge in [0.1, 0.15) is 0 Å². The fourth-order valence-corrected chi connectivity index (χ4v) is 3.74. The highest BCUT2D eigenvalue weighted by Crippen LogP contribution is 2.33. The van der Waals surface area contributed by atoms with E-state index in [1.54, 1.807) is 0 Å². The third-order valence-electron chi connectivity index (χ3n) is 6.03. The average Bonchev–Trinajstić information content (AvgIpc) is 2.66. The minimum Gasteiger partial charge on any atom is -0.481 e. The summed E-state index contributed by atoms with van der Waals surface area (Å²) in [6.07, 6.45) is 16.8. The molecule has 32 heavy (non-hydrogen) atoms. The third kappa shape index (κ3) is 14.8. The molecule has 1 aliphatic carbocycles. The largest absolute Gasteiger partial charge is 0.481 e. The van der Waals surface area contributed by atoms with Gasteiger partial charge in [-0.25, -0.2) is 0 Å². The molecule has 0 atom stereocenters. The van der Waals surface area contributed by atoms with Gasteiger partial charge >= 0.3 is 23.9 Å². The highest BCUT2D eigenvalue weighted by atomic mass is 16.4. The van der Waals surface area contributed by atoms with Crippen molar-refractivity contribution in [2.24, 2.45) is 17.8 Å². The number of carboxylic acid groups (broad SMARTS) is 4. The fourth-order valence-electron chi connectivity index (χ4n) is 3.74. The first-order valence-electron chi connectivity index (χ1n) is 12.1. The van der Waals surface area contributed by atoms with E-state index in [9.17, 15) is 19.2 Å². The smallest absolute Gasteiger partial charge is 0.317 e. The normalized spacial score (nSPS) is 17.2. The van der Waals surface area contributed by atoms with Crippen molar-refractivity contribution in [1.29, 1.82) is 0 Å². The molecule has 1 fully saturated rings. The summed E-state index contributed by atoms with van der Waals surface area (Å²) < 4.78 is 0. The monoisotopic (exact) mass is 458 g/mol. The second-order valence-corrected chi connectivity index (χ2v) is 8.80. The van der Waals surface area contributed by atoms with E-state index in [2.05, 4.69) is 6.92 Å². The zero-order valence-corrected chi connectivity index (χ0v) is 19.5. The standard InChI is InChI=1S/C18H34O4.C6H8O4/c1-2-3-4-5-6-7-8-9-10-11-12-13-14-15-16(17(19)20)18(21)22;7-5(8)3-1-4(2-3)6(9)10/h16H,2-15H2,1H3,(H,19,20)(H,21,22);3-4H,1-2H2,(H,7,8)(H,9,10). The zero-order valence-electron chi connectivity index (χ0n) is 19.5. The van der Waals surface area contributed by atoms with Crippen LogP contribution in [0.4, 0.5) is 0 Å². The molecule has 0 aromatic heterocycles. The van der Waals surface area contributed by atoms with Crippen LogP contribution >= 0.6 is 0 Å². The molecule has 8 nitrogen and oxygen atoms in total. The summed E-state index contributed by atoms with van der Waals surface area (Å²) in [5.74, 6) is -6.25. The molecule has 0 bridgehead atoms. The van der Waals surface area contributed by atoms with Crippen molar-refractivity contribution < 1.29 is 39.6 Å². The minimum atomic E-state index is -1.23. The first-order valence-corrected chi connectivity index (χ1v) is 12.1. The summed E-state index contributed by atoms with van der Waals surface area (Å²) in [6.45, 7) is 2.24. The lowest BCUT2D eigenvalue weighted by atomic mass is 9.75. The van der Waals surface area contributed by atoms with Crippen molar-refractivity contribution in [1.82, 2.24) is 0 Å². The highest BCUT2D eigenvalue weighted by molar-refractivity contribution is 5.92. The van der Waals surface area contributed by atoms with Crippen molar-refractivity contribution in [3.63, 3.8) is 0 Å². The number of carbonyl (C=O) groups is 4. The molecule has 0 unspecified atom stereocenters. The molecule has 0 saturated heterocycles. The maximum atomic E-state index is 10.7. The maximum Gasteiger partial charge on any atom is 0.317 e. The van der Waals surface area contributed by atoms with E-state index in [0.717, 1.165) is 12.8 Å². The van der Waals surface area contributed by atoms with Crippen molar-refractivity contribution >= 4 is 23.9 Å². The van der Waals surface area contributed by atoms with Gasteiger partial charge in [-0.3, -0.25) is 19.2 Å². The van der Waals surface area contributed by atoms with Gasteiger partial charge in [-0.2, -0.15) is 0 Å². The molecule has 0 aliphatic heterocycles. The third-order valence-corrected chi connectivity index (χ3v) is 6.03. The quantitative estimate of drug-likeness (QED) is 0.157. The Morgan fingerprint density at radius 1 is 0.594 bits per heavy atom. The lowest BCUT2D eigenvalue weighted by Gasteiger charge is -2.28. The number of rotatable bonds is 18. The predicted molar refractivity (Wildman–Crippen MR) is 121 cm³/mol. The van der Waals surface area contributed by atoms with Gasteiger partial charge in [-0.1, -0.05) is 90.4 Å². The van der Waals surface area contributed by atoms with Crippen LogP contribution in [-0.2, 0) is 19.2 Å². The van der Waals surface area contributed by atoms with Crippen molar-refractivity contribution in [3.8, 4) is 0 Å². The Morgan fingerprint density at radius 3 is 1.19 bits per heavy atom. The summed E-state index contributed by atoms with van der Waals surface area (Å²) in [4.78, 5) is 41.7. The molecule has 0 aromatic carbocycles. The van der Waals surface area contributed by atoms with Crippen molar-refractivity contribution in [2.75, 3.05) is 0 Å². The second kappa shape index (κ2) is 18.5. The Balaban J connectivity index is 0.000000792. The van der Waals surface area contributed by atoms with E-state index < -0.39 is 41.6 Å². The number of carboxylic acids is 4. The summed E-state index contributed by atoms with van der Waals surface area (Å²) in [5.41, 5.74) is 0. The molecule has 1 rings (SSSR count). The Bertz CT molecular complexity index is 522. The molecule has 1 aliphatic rings. The predicted octanol–water partition coefficient (Wildman–Crippen LogP) is 5.43. The molecule has 0 aromatic rings. The molecule has 8 heteroatoms. The SMILES string of the molecule is CCCCCCCCCCCCCCCC(C(=O)O)C(=O)O.O=C(O)C1CC(C(=O)O)C1. The number of hydrogen-bond acceptors (Lipinski definition) is 4. The average molecular weight is 459 g/mol. The van der Waals surface area contributed by atoms with Gasteiger partial charge < -0.3 is 20.4 Å². The van der Waals surface area contributed by atoms with Gasteiger partial charge in [-0.05, 0) is 19.3 Å². The zero-order chi connectivity index (χ0) is 24.4. The van der Waals surface area contributed by atoms with Crippen molar-refractivity contribution in [2.45, 2.75) is 110 Å². The first-order chi connectivity index (χ1) is 15.2. The van der Waals surface area contributed by atoms with Crippen LogP contribution in [0.15, 0.2) is 0 Å². The molecule has 0 amide bonds. The van der Waals surface area contributed by atoms with Crippen LogP contribution in [0.3, 0.4) is 0 Å². The van der Waals surface area contributed by atoms with E-state index in [1.807, 2.05) is 0 Å². The number of unbranched alkanes of at least 4 members (excludes halogenated alkanes) is 12. The maximum absolute atomic E-state index is 10.7. The van der Waals surface area contributed by atoms with E-state index >= 15 is 0 Å². The van der Waals surface area contributed by atoms with E-state index in [0.29, 0.717) is 19.3 Å². The first kappa shape index (κ1) is 29.9. The molecule has 0 spiro atoms. The van der Waals surface area contributed by atoms with E-state index in [1.165, 1.54) is 64.2 Å². The van der Waals surface area contributed by atoms with Crippen LogP contribution in [-0.4, -0.2) is 44.3 Å². The molecule has 4 N–H and O–H groups in total. The van der Waals surface area contributed by atoms with Gasteiger partial charge in [0.05, 0.1) is 11.8 Å². The Hall–Kier alpha value is -2.12. The Labute approximate surface area is 191 Å². The second-order valence-electron chi connectivity index (χ2n) is 8.80. The minimum absolute atomic E-state index is 0.252. The Kier molecular flexibility index (Phi) is 17.2. The number of hydrogen-bond donors (Lipinski definition) is 4. The molecular formula is C24H42O8. The summed E-state index contributed by atoms with van der Waals surface area (Å²) in [5, 5.41) is 34.2. The molecular weight excluding hydrogens is 416 g/mol. The van der Waals surface area contributed by atoms with Gasteiger partial charge in [0, 0.05) is 0 Å². The van der Waals surface area contributed by atoms with Gasteiger partial charge in [0.15, 0.2) is 5.92 Å². The lowest BCUT2D eigenvalue weighted by Crippen LogP contribution is -2.34. The van der Waals surface area contributed by atoms with Crippen LogP contribution in [0.25, 0.3) is 0 Å². The van der Waals surface area contributed by atoms with Crippen molar-refractivity contribution in [3.05, 3.63) is 0 Å². The Morgan fingerprint density at radius 2 is 0.906 bits per heavy atom. The van der Waals surface area contributed by atoms with Crippen LogP contribution in [0.5, 0.6) is 0 Å². The topological polar surface area (TPSA) is 149 Å². The molecule has 0 heterocycles. The highest BCUT2D eigenvalue weighted by Gasteiger charge is 2.38. The summed E-state index contributed by atoms with van der Waals surface area (Å²) >= 11 is 0. The molecule has 0 radical (unpaired) electrons. The molecule has 1 saturated carbocycles. The summed E-state index contributed by atoms with van der Waals surface area (Å²) in [6, 6.07) is 0. The number of aliphatic carboxylic acids is 4. The lowest BCUT2D eigenvalue weighted by molar-refractivity contribution is -0.156. The van der Waals surface area contributed by atoms with Gasteiger partial charge in [-0.15, -0.1) is 0 Å². The van der Waals surface area contributed by atoms with Crippen LogP contribution in [0.2, 0.25) is 0 Å². The fraction of sp³-hybridized carbons (Fsp3) is 0.833. The van der Waals surface area contributed by atoms with Gasteiger partial charge in [0.25, 0.3) is 0 Å². The summed E-state index contributed by atoms with van der Waals surface area (Å²) in [7, 11) is 0. The van der Waals surface area contributed by atoms with E-state index in [-0.39, 0.29) is 6.42 Å². The van der Waals surface area contributed by atoms with Crippen LogP contribution in [0, 0.1) is 17.8 Å². The van der Waals surface area contributed by atoms with Crippen LogP contribution < -0.4 is 0 Å². The van der Waals surface area contributed by atoms with E-state index in [4.69, 9.17) is 20.4 Å². The van der Waals surface area contributed by atoms with Gasteiger partial charge in [0.2, 0.25) is 0 Å². The van der Waals surface area contributed by atoms with Crippen LogP contribution in [0.1, 0.15) is 110 Å².